The minimum absolute atomic E-state index is 0.461. The number of benzene rings is 1. The number of hydrogen-bond donors (Lipinski definition) is 1. The van der Waals surface area contributed by atoms with Gasteiger partial charge in [0, 0.05) is 27.1 Å². The molecule has 102 valence electrons. The summed E-state index contributed by atoms with van der Waals surface area (Å²) in [6.07, 6.45) is -0.461. The van der Waals surface area contributed by atoms with E-state index in [9.17, 15) is 5.11 Å². The van der Waals surface area contributed by atoms with Gasteiger partial charge in [0.25, 0.3) is 0 Å². The molecule has 1 aromatic carbocycles. The average molecular weight is 302 g/mol. The lowest BCUT2D eigenvalue weighted by Gasteiger charge is -2.18. The molecule has 1 N–H and O–H groups in total. The van der Waals surface area contributed by atoms with Gasteiger partial charge in [0.15, 0.2) is 5.17 Å². The quantitative estimate of drug-likeness (QED) is 0.924. The molecule has 4 rings (SSSR count). The number of rotatable bonds is 2. The van der Waals surface area contributed by atoms with Gasteiger partial charge in [0.05, 0.1) is 18.3 Å². The van der Waals surface area contributed by atoms with E-state index < -0.39 is 6.10 Å². The molecule has 0 radical (unpaired) electrons. The maximum atomic E-state index is 10.1. The fraction of sp³-hybridized carbons (Fsp3) is 0.267. The van der Waals surface area contributed by atoms with Crippen molar-refractivity contribution in [1.29, 1.82) is 0 Å². The molecule has 0 fully saturated rings. The summed E-state index contributed by atoms with van der Waals surface area (Å²) in [5.74, 6) is 0. The SMILES string of the molecule is CC(O)C1=C(c2cccc3sccc23)N2CCN=C2S1. The summed E-state index contributed by atoms with van der Waals surface area (Å²) in [6.45, 7) is 3.59. The molecule has 0 bridgehead atoms. The monoisotopic (exact) mass is 302 g/mol. The lowest BCUT2D eigenvalue weighted by Crippen LogP contribution is -2.20. The van der Waals surface area contributed by atoms with E-state index >= 15 is 0 Å². The van der Waals surface area contributed by atoms with Crippen molar-refractivity contribution in [3.63, 3.8) is 0 Å². The summed E-state index contributed by atoms with van der Waals surface area (Å²) in [7, 11) is 0. The van der Waals surface area contributed by atoms with Crippen molar-refractivity contribution in [2.24, 2.45) is 4.99 Å². The van der Waals surface area contributed by atoms with E-state index in [1.807, 2.05) is 6.92 Å². The van der Waals surface area contributed by atoms with Crippen molar-refractivity contribution >= 4 is 44.0 Å². The fourth-order valence-electron chi connectivity index (χ4n) is 2.76. The average Bonchev–Trinajstić information content (AvgIpc) is 3.12. The summed E-state index contributed by atoms with van der Waals surface area (Å²) in [4.78, 5) is 7.79. The Labute approximate surface area is 125 Å². The molecule has 0 spiro atoms. The Bertz CT molecular complexity index is 745. The third-order valence-corrected chi connectivity index (χ3v) is 5.81. The molecular formula is C15H14N2OS2. The van der Waals surface area contributed by atoms with Crippen LogP contribution in [0.1, 0.15) is 12.5 Å². The predicted molar refractivity (Wildman–Crippen MR) is 87.0 cm³/mol. The number of aliphatic imine (C=N–C) groups is 1. The Kier molecular flexibility index (Phi) is 2.87. The highest BCUT2D eigenvalue weighted by molar-refractivity contribution is 8.17. The molecule has 1 unspecified atom stereocenters. The molecule has 20 heavy (non-hydrogen) atoms. The van der Waals surface area contributed by atoms with E-state index in [-0.39, 0.29) is 0 Å². The van der Waals surface area contributed by atoms with Crippen LogP contribution in [0.5, 0.6) is 0 Å². The first-order valence-corrected chi connectivity index (χ1v) is 8.34. The van der Waals surface area contributed by atoms with E-state index in [4.69, 9.17) is 0 Å². The molecule has 5 heteroatoms. The first-order valence-electron chi connectivity index (χ1n) is 6.64. The summed E-state index contributed by atoms with van der Waals surface area (Å²) in [6, 6.07) is 8.55. The number of thioether (sulfide) groups is 1. The van der Waals surface area contributed by atoms with Crippen LogP contribution in [0.4, 0.5) is 0 Å². The Hall–Kier alpha value is -1.30. The van der Waals surface area contributed by atoms with Crippen LogP contribution >= 0.6 is 23.1 Å². The van der Waals surface area contributed by atoms with Gasteiger partial charge in [-0.05, 0) is 24.4 Å². The number of aliphatic hydroxyl groups excluding tert-OH is 1. The van der Waals surface area contributed by atoms with E-state index in [1.54, 1.807) is 23.1 Å². The van der Waals surface area contributed by atoms with Crippen molar-refractivity contribution in [3.8, 4) is 0 Å². The minimum Gasteiger partial charge on any atom is -0.388 e. The van der Waals surface area contributed by atoms with Gasteiger partial charge in [-0.2, -0.15) is 0 Å². The van der Waals surface area contributed by atoms with Gasteiger partial charge >= 0.3 is 0 Å². The molecule has 0 saturated heterocycles. The van der Waals surface area contributed by atoms with Crippen molar-refractivity contribution in [1.82, 2.24) is 4.90 Å². The molecule has 2 aromatic rings. The van der Waals surface area contributed by atoms with Crippen molar-refractivity contribution < 1.29 is 5.11 Å². The second-order valence-electron chi connectivity index (χ2n) is 4.94. The summed E-state index contributed by atoms with van der Waals surface area (Å²) >= 11 is 3.37. The van der Waals surface area contributed by atoms with E-state index in [2.05, 4.69) is 39.5 Å². The highest BCUT2D eigenvalue weighted by Gasteiger charge is 2.35. The smallest absolute Gasteiger partial charge is 0.168 e. The molecule has 1 atom stereocenters. The molecule has 2 aliphatic heterocycles. The first-order chi connectivity index (χ1) is 9.75. The van der Waals surface area contributed by atoms with Crippen LogP contribution in [-0.2, 0) is 0 Å². The number of amidine groups is 1. The first kappa shape index (κ1) is 12.4. The normalized spacial score (nSPS) is 19.7. The second-order valence-corrected chi connectivity index (χ2v) is 6.90. The van der Waals surface area contributed by atoms with Crippen LogP contribution in [0.25, 0.3) is 15.8 Å². The third kappa shape index (κ3) is 1.74. The van der Waals surface area contributed by atoms with Crippen LogP contribution in [0.3, 0.4) is 0 Å². The number of thiophene rings is 1. The number of aliphatic hydroxyl groups is 1. The topological polar surface area (TPSA) is 35.8 Å². The zero-order chi connectivity index (χ0) is 13.7. The van der Waals surface area contributed by atoms with E-state index in [0.29, 0.717) is 0 Å². The molecule has 3 nitrogen and oxygen atoms in total. The van der Waals surface area contributed by atoms with Crippen LogP contribution in [-0.4, -0.2) is 34.4 Å². The van der Waals surface area contributed by atoms with Crippen LogP contribution in [0.2, 0.25) is 0 Å². The van der Waals surface area contributed by atoms with Gasteiger partial charge in [-0.25, -0.2) is 0 Å². The highest BCUT2D eigenvalue weighted by atomic mass is 32.2. The van der Waals surface area contributed by atoms with Gasteiger partial charge in [-0.15, -0.1) is 11.3 Å². The van der Waals surface area contributed by atoms with Crippen molar-refractivity contribution in [3.05, 3.63) is 40.1 Å². The van der Waals surface area contributed by atoms with Gasteiger partial charge < -0.3 is 10.0 Å². The molecular weight excluding hydrogens is 288 g/mol. The lowest BCUT2D eigenvalue weighted by atomic mass is 10.0. The molecule has 1 aromatic heterocycles. The van der Waals surface area contributed by atoms with E-state index in [0.717, 1.165) is 28.9 Å². The largest absolute Gasteiger partial charge is 0.388 e. The lowest BCUT2D eigenvalue weighted by molar-refractivity contribution is 0.240. The maximum Gasteiger partial charge on any atom is 0.168 e. The zero-order valence-electron chi connectivity index (χ0n) is 11.0. The predicted octanol–water partition coefficient (Wildman–Crippen LogP) is 3.37. The Morgan fingerprint density at radius 2 is 2.25 bits per heavy atom. The number of fused-ring (bicyclic) bond motifs is 2. The summed E-state index contributed by atoms with van der Waals surface area (Å²) in [5, 5.41) is 14.5. The fourth-order valence-corrected chi connectivity index (χ4v) is 4.71. The van der Waals surface area contributed by atoms with Crippen LogP contribution in [0.15, 0.2) is 39.5 Å². The van der Waals surface area contributed by atoms with Gasteiger partial charge in [-0.3, -0.25) is 4.99 Å². The zero-order valence-corrected chi connectivity index (χ0v) is 12.7. The van der Waals surface area contributed by atoms with Crippen LogP contribution < -0.4 is 0 Å². The standard InChI is InChI=1S/C15H14N2OS2/c1-9(18)14-13(17-7-6-16-15(17)20-14)11-3-2-4-12-10(11)5-8-19-12/h2-5,8-9,18H,6-7H2,1H3. The van der Waals surface area contributed by atoms with Gasteiger partial charge in [0.1, 0.15) is 0 Å². The maximum absolute atomic E-state index is 10.1. The van der Waals surface area contributed by atoms with Crippen LogP contribution in [0, 0.1) is 0 Å². The van der Waals surface area contributed by atoms with Gasteiger partial charge in [-0.1, -0.05) is 23.9 Å². The molecule has 0 aliphatic carbocycles. The highest BCUT2D eigenvalue weighted by Crippen LogP contribution is 2.45. The summed E-state index contributed by atoms with van der Waals surface area (Å²) < 4.78 is 1.29. The Balaban J connectivity index is 1.96. The van der Waals surface area contributed by atoms with Gasteiger partial charge in [0.2, 0.25) is 0 Å². The second kappa shape index (κ2) is 4.62. The van der Waals surface area contributed by atoms with Crippen molar-refractivity contribution in [2.45, 2.75) is 13.0 Å². The summed E-state index contributed by atoms with van der Waals surface area (Å²) in [5.41, 5.74) is 2.35. The minimum atomic E-state index is -0.461. The Morgan fingerprint density at radius 3 is 3.10 bits per heavy atom. The Morgan fingerprint density at radius 1 is 1.35 bits per heavy atom. The van der Waals surface area contributed by atoms with Crippen molar-refractivity contribution in [2.75, 3.05) is 13.1 Å². The third-order valence-electron chi connectivity index (χ3n) is 3.64. The number of hydrogen-bond acceptors (Lipinski definition) is 5. The molecule has 2 aliphatic rings. The van der Waals surface area contributed by atoms with E-state index in [1.165, 1.54) is 15.6 Å². The number of nitrogens with zero attached hydrogens (tertiary/aromatic N) is 2. The molecule has 0 amide bonds. The molecule has 3 heterocycles. The molecule has 0 saturated carbocycles.